The second-order valence-corrected chi connectivity index (χ2v) is 13.5. The van der Waals surface area contributed by atoms with Gasteiger partial charge in [-0.05, 0) is 128 Å². The molecule has 0 N–H and O–H groups in total. The van der Waals surface area contributed by atoms with Crippen molar-refractivity contribution < 1.29 is 0 Å². The molecule has 0 heterocycles. The van der Waals surface area contributed by atoms with Gasteiger partial charge in [-0.25, -0.2) is 0 Å². The average Bonchev–Trinajstić information content (AvgIpc) is 3.67. The number of hydrogen-bond acceptors (Lipinski definition) is 0. The lowest BCUT2D eigenvalue weighted by molar-refractivity contribution is 1.62. The van der Waals surface area contributed by atoms with Crippen molar-refractivity contribution in [1.29, 1.82) is 0 Å². The van der Waals surface area contributed by atoms with Gasteiger partial charge in [-0.2, -0.15) is 0 Å². The smallest absolute Gasteiger partial charge is 0.000740 e. The van der Waals surface area contributed by atoms with Gasteiger partial charge in [0, 0.05) is 0 Å². The van der Waals surface area contributed by atoms with E-state index in [9.17, 15) is 0 Å². The second-order valence-electron chi connectivity index (χ2n) is 13.5. The SMILES string of the molecule is C=C/C(=C\C=C/C)c1c2c(c(-c3ccccc3)c3ccccc13)-c1ccc3c4ccc5c6c(ccc(c7ccc-2c1c73)c64)-c1ccccc1-5. The lowest BCUT2D eigenvalue weighted by Crippen LogP contribution is -1.95. The predicted molar refractivity (Wildman–Crippen MR) is 212 cm³/mol. The molecule has 2 aliphatic carbocycles. The molecule has 0 amide bonds. The van der Waals surface area contributed by atoms with Crippen molar-refractivity contribution in [2.45, 2.75) is 6.92 Å². The topological polar surface area (TPSA) is 0 Å². The first-order valence-corrected chi connectivity index (χ1v) is 17.2. The monoisotopic (exact) mass is 618 g/mol. The van der Waals surface area contributed by atoms with Crippen LogP contribution in [0.15, 0.2) is 158 Å². The molecule has 0 bridgehead atoms. The molecule has 0 unspecified atom stereocenters. The molecule has 0 spiro atoms. The van der Waals surface area contributed by atoms with Crippen molar-refractivity contribution in [3.63, 3.8) is 0 Å². The summed E-state index contributed by atoms with van der Waals surface area (Å²) in [4.78, 5) is 0. The summed E-state index contributed by atoms with van der Waals surface area (Å²) in [5.74, 6) is 0. The van der Waals surface area contributed by atoms with E-state index < -0.39 is 0 Å². The van der Waals surface area contributed by atoms with Crippen LogP contribution in [0.5, 0.6) is 0 Å². The fourth-order valence-corrected chi connectivity index (χ4v) is 9.34. The van der Waals surface area contributed by atoms with E-state index in [0.29, 0.717) is 0 Å². The summed E-state index contributed by atoms with van der Waals surface area (Å²) in [6.07, 6.45) is 8.46. The van der Waals surface area contributed by atoms with Crippen LogP contribution in [0.4, 0.5) is 0 Å². The van der Waals surface area contributed by atoms with Crippen LogP contribution in [0.25, 0.3) is 115 Å². The van der Waals surface area contributed by atoms with E-state index in [-0.39, 0.29) is 0 Å². The van der Waals surface area contributed by atoms with Crippen LogP contribution >= 0.6 is 0 Å². The molecule has 2 aliphatic rings. The van der Waals surface area contributed by atoms with Gasteiger partial charge in [-0.3, -0.25) is 0 Å². The van der Waals surface area contributed by atoms with Crippen LogP contribution in [0.1, 0.15) is 12.5 Å². The van der Waals surface area contributed by atoms with E-state index in [1.54, 1.807) is 0 Å². The first-order valence-electron chi connectivity index (χ1n) is 17.2. The Kier molecular flexibility index (Phi) is 5.28. The maximum absolute atomic E-state index is 4.33. The zero-order valence-corrected chi connectivity index (χ0v) is 27.1. The number of fused-ring (bicyclic) bond motifs is 9. The third-order valence-electron chi connectivity index (χ3n) is 11.2. The summed E-state index contributed by atoms with van der Waals surface area (Å²) in [5.41, 5.74) is 15.6. The number of benzene rings is 9. The molecule has 0 saturated carbocycles. The highest BCUT2D eigenvalue weighted by molar-refractivity contribution is 6.41. The number of hydrogen-bond donors (Lipinski definition) is 0. The first-order chi connectivity index (χ1) is 24.3. The first kappa shape index (κ1) is 26.8. The molecule has 0 fully saturated rings. The highest BCUT2D eigenvalue weighted by Gasteiger charge is 2.33. The van der Waals surface area contributed by atoms with Crippen LogP contribution < -0.4 is 0 Å². The lowest BCUT2D eigenvalue weighted by Gasteiger charge is -2.20. The maximum Gasteiger partial charge on any atom is -0.000740 e. The molecule has 0 radical (unpaired) electrons. The normalized spacial score (nSPS) is 13.1. The number of rotatable bonds is 4. The van der Waals surface area contributed by atoms with Crippen LogP contribution in [-0.2, 0) is 0 Å². The van der Waals surface area contributed by atoms with Gasteiger partial charge >= 0.3 is 0 Å². The molecule has 226 valence electrons. The van der Waals surface area contributed by atoms with E-state index in [1.807, 2.05) is 6.08 Å². The molecule has 0 heteroatoms. The third kappa shape index (κ3) is 3.29. The highest BCUT2D eigenvalue weighted by atomic mass is 14.3. The van der Waals surface area contributed by atoms with E-state index in [2.05, 4.69) is 159 Å². The van der Waals surface area contributed by atoms with Crippen LogP contribution in [0.2, 0.25) is 0 Å². The van der Waals surface area contributed by atoms with E-state index in [1.165, 1.54) is 115 Å². The Hall–Kier alpha value is -6.24. The average molecular weight is 619 g/mol. The molecule has 9 aromatic rings. The second kappa shape index (κ2) is 9.66. The van der Waals surface area contributed by atoms with Crippen molar-refractivity contribution in [3.8, 4) is 55.6 Å². The Labute approximate surface area is 284 Å². The van der Waals surface area contributed by atoms with E-state index in [0.717, 1.165) is 5.57 Å². The van der Waals surface area contributed by atoms with Crippen LogP contribution in [0.3, 0.4) is 0 Å². The lowest BCUT2D eigenvalue weighted by atomic mass is 9.82. The van der Waals surface area contributed by atoms with Crippen LogP contribution in [0, 0.1) is 0 Å². The standard InChI is InChI=1S/C49H30/c1-3-5-13-28(4-2)42-32-18-11-12-19-33(32)43(29-14-7-6-8-15-29)49-41-27-25-39-37-23-21-35-31-17-10-9-16-30(31)34-20-22-36(45(37)44(34)35)38-24-26-40(48(42)49)47(41)46(38)39/h3-27H,2H2,1H3/b5-3-,28-13+. The molecule has 0 nitrogen and oxygen atoms in total. The Bertz CT molecular complexity index is 2910. The van der Waals surface area contributed by atoms with Gasteiger partial charge in [-0.1, -0.05) is 158 Å². The predicted octanol–water partition coefficient (Wildman–Crippen LogP) is 14.0. The van der Waals surface area contributed by atoms with Crippen molar-refractivity contribution in [1.82, 2.24) is 0 Å². The molecule has 0 saturated heterocycles. The summed E-state index contributed by atoms with van der Waals surface area (Å²) in [5, 5.41) is 13.4. The zero-order chi connectivity index (χ0) is 32.4. The van der Waals surface area contributed by atoms with Gasteiger partial charge in [0.2, 0.25) is 0 Å². The minimum absolute atomic E-state index is 1.13. The highest BCUT2D eigenvalue weighted by Crippen LogP contribution is 2.59. The summed E-state index contributed by atoms with van der Waals surface area (Å²) in [7, 11) is 0. The van der Waals surface area contributed by atoms with Gasteiger partial charge in [-0.15, -0.1) is 0 Å². The molecule has 0 aromatic heterocycles. The maximum atomic E-state index is 4.33. The molecule has 11 rings (SSSR count). The summed E-state index contributed by atoms with van der Waals surface area (Å²) in [6, 6.07) is 47.9. The van der Waals surface area contributed by atoms with Crippen LogP contribution in [-0.4, -0.2) is 0 Å². The van der Waals surface area contributed by atoms with Gasteiger partial charge in [0.1, 0.15) is 0 Å². The Morgan fingerprint density at radius 2 is 0.939 bits per heavy atom. The van der Waals surface area contributed by atoms with E-state index in [4.69, 9.17) is 0 Å². The van der Waals surface area contributed by atoms with Gasteiger partial charge in [0.25, 0.3) is 0 Å². The Morgan fingerprint density at radius 1 is 0.429 bits per heavy atom. The zero-order valence-electron chi connectivity index (χ0n) is 27.1. The fraction of sp³-hybridized carbons (Fsp3) is 0.0204. The Balaban J connectivity index is 1.34. The van der Waals surface area contributed by atoms with Crippen molar-refractivity contribution in [2.75, 3.05) is 0 Å². The molecular formula is C49H30. The summed E-state index contributed by atoms with van der Waals surface area (Å²) in [6.45, 7) is 6.40. The van der Waals surface area contributed by atoms with Crippen molar-refractivity contribution in [2.24, 2.45) is 0 Å². The van der Waals surface area contributed by atoms with Crippen molar-refractivity contribution >= 4 is 59.4 Å². The largest absolute Gasteiger partial charge is 0.0984 e. The Morgan fingerprint density at radius 3 is 1.53 bits per heavy atom. The van der Waals surface area contributed by atoms with E-state index >= 15 is 0 Å². The van der Waals surface area contributed by atoms with Gasteiger partial charge in [0.15, 0.2) is 0 Å². The van der Waals surface area contributed by atoms with Crippen molar-refractivity contribution in [3.05, 3.63) is 164 Å². The molecular weight excluding hydrogens is 589 g/mol. The van der Waals surface area contributed by atoms with Gasteiger partial charge in [0.05, 0.1) is 0 Å². The minimum atomic E-state index is 1.13. The third-order valence-corrected chi connectivity index (χ3v) is 11.2. The number of allylic oxidation sites excluding steroid dienone is 5. The summed E-state index contributed by atoms with van der Waals surface area (Å²) >= 11 is 0. The molecule has 0 atom stereocenters. The molecule has 49 heavy (non-hydrogen) atoms. The molecule has 9 aromatic carbocycles. The quantitative estimate of drug-likeness (QED) is 0.105. The minimum Gasteiger partial charge on any atom is -0.0984 e. The fourth-order valence-electron chi connectivity index (χ4n) is 9.34. The van der Waals surface area contributed by atoms with Gasteiger partial charge < -0.3 is 0 Å². The molecule has 0 aliphatic heterocycles. The summed E-state index contributed by atoms with van der Waals surface area (Å²) < 4.78 is 0.